The smallest absolute Gasteiger partial charge is 0.130 e. The lowest BCUT2D eigenvalue weighted by atomic mass is 9.99. The minimum absolute atomic E-state index is 0.103. The zero-order valence-electron chi connectivity index (χ0n) is 10.6. The van der Waals surface area contributed by atoms with Gasteiger partial charge in [0.25, 0.3) is 0 Å². The summed E-state index contributed by atoms with van der Waals surface area (Å²) in [4.78, 5) is 0. The Morgan fingerprint density at radius 2 is 2.06 bits per heavy atom. The lowest BCUT2D eigenvalue weighted by Crippen LogP contribution is -2.29. The van der Waals surface area contributed by atoms with Crippen molar-refractivity contribution < 1.29 is 13.5 Å². The molecule has 1 N–H and O–H groups in total. The van der Waals surface area contributed by atoms with E-state index in [2.05, 4.69) is 5.32 Å². The molecule has 0 amide bonds. The molecule has 1 aromatic rings. The second-order valence-electron chi connectivity index (χ2n) is 4.85. The predicted octanol–water partition coefficient (Wildman–Crippen LogP) is 3.04. The van der Waals surface area contributed by atoms with E-state index < -0.39 is 11.6 Å². The Morgan fingerprint density at radius 1 is 1.33 bits per heavy atom. The topological polar surface area (TPSA) is 21.3 Å². The molecule has 18 heavy (non-hydrogen) atoms. The normalized spacial score (nSPS) is 18.8. The van der Waals surface area contributed by atoms with E-state index in [-0.39, 0.29) is 6.04 Å². The summed E-state index contributed by atoms with van der Waals surface area (Å²) in [6.45, 7) is 4.37. The Bertz CT molecular complexity index is 391. The highest BCUT2D eigenvalue weighted by molar-refractivity contribution is 5.21. The Hall–Kier alpha value is -1.00. The van der Waals surface area contributed by atoms with E-state index in [1.807, 2.05) is 6.92 Å². The number of halogens is 2. The van der Waals surface area contributed by atoms with Gasteiger partial charge < -0.3 is 10.1 Å². The van der Waals surface area contributed by atoms with Gasteiger partial charge in [0, 0.05) is 30.9 Å². The fourth-order valence-electron chi connectivity index (χ4n) is 2.26. The maximum absolute atomic E-state index is 13.6. The third-order valence-corrected chi connectivity index (χ3v) is 3.48. The van der Waals surface area contributed by atoms with Crippen LogP contribution in [0.5, 0.6) is 0 Å². The first-order valence-electron chi connectivity index (χ1n) is 6.43. The highest BCUT2D eigenvalue weighted by Gasteiger charge is 2.16. The van der Waals surface area contributed by atoms with E-state index in [0.29, 0.717) is 11.5 Å². The summed E-state index contributed by atoms with van der Waals surface area (Å²) in [5, 5.41) is 3.31. The standard InChI is InChI=1S/C14H19F2NO/c1-10(13-3-2-12(15)8-14(13)16)17-9-11-4-6-18-7-5-11/h2-3,8,10-11,17H,4-7,9H2,1H3. The van der Waals surface area contributed by atoms with Crippen molar-refractivity contribution in [2.24, 2.45) is 5.92 Å². The van der Waals surface area contributed by atoms with Crippen molar-refractivity contribution in [3.05, 3.63) is 35.4 Å². The van der Waals surface area contributed by atoms with Gasteiger partial charge in [-0.15, -0.1) is 0 Å². The molecule has 0 aliphatic carbocycles. The van der Waals surface area contributed by atoms with Crippen LogP contribution >= 0.6 is 0 Å². The average Bonchev–Trinajstić information content (AvgIpc) is 2.37. The van der Waals surface area contributed by atoms with Crippen LogP contribution in [0.15, 0.2) is 18.2 Å². The molecule has 0 aromatic heterocycles. The number of hydrogen-bond donors (Lipinski definition) is 1. The van der Waals surface area contributed by atoms with Crippen LogP contribution in [0.2, 0.25) is 0 Å². The largest absolute Gasteiger partial charge is 0.381 e. The Labute approximate surface area is 106 Å². The summed E-state index contributed by atoms with van der Waals surface area (Å²) in [7, 11) is 0. The van der Waals surface area contributed by atoms with Gasteiger partial charge in [0.1, 0.15) is 11.6 Å². The zero-order chi connectivity index (χ0) is 13.0. The lowest BCUT2D eigenvalue weighted by molar-refractivity contribution is 0.0656. The number of hydrogen-bond acceptors (Lipinski definition) is 2. The third-order valence-electron chi connectivity index (χ3n) is 3.48. The van der Waals surface area contributed by atoms with E-state index in [9.17, 15) is 8.78 Å². The van der Waals surface area contributed by atoms with Gasteiger partial charge in [0.2, 0.25) is 0 Å². The molecule has 1 aliphatic rings. The van der Waals surface area contributed by atoms with E-state index in [0.717, 1.165) is 38.7 Å². The molecule has 4 heteroatoms. The average molecular weight is 255 g/mol. The van der Waals surface area contributed by atoms with Crippen molar-refractivity contribution in [1.82, 2.24) is 5.32 Å². The van der Waals surface area contributed by atoms with Crippen molar-refractivity contribution in [3.8, 4) is 0 Å². The first-order valence-corrected chi connectivity index (χ1v) is 6.43. The van der Waals surface area contributed by atoms with Crippen LogP contribution in [0.1, 0.15) is 31.4 Å². The predicted molar refractivity (Wildman–Crippen MR) is 66.3 cm³/mol. The van der Waals surface area contributed by atoms with Gasteiger partial charge >= 0.3 is 0 Å². The molecule has 0 bridgehead atoms. The molecule has 1 aromatic carbocycles. The second-order valence-corrected chi connectivity index (χ2v) is 4.85. The van der Waals surface area contributed by atoms with Crippen molar-refractivity contribution in [1.29, 1.82) is 0 Å². The number of benzene rings is 1. The monoisotopic (exact) mass is 255 g/mol. The molecule has 1 unspecified atom stereocenters. The number of ether oxygens (including phenoxy) is 1. The second kappa shape index (κ2) is 6.25. The van der Waals surface area contributed by atoms with Crippen LogP contribution in [0, 0.1) is 17.6 Å². The van der Waals surface area contributed by atoms with E-state index >= 15 is 0 Å². The van der Waals surface area contributed by atoms with Crippen LogP contribution in [-0.4, -0.2) is 19.8 Å². The number of rotatable bonds is 4. The maximum Gasteiger partial charge on any atom is 0.130 e. The van der Waals surface area contributed by atoms with E-state index in [1.54, 1.807) is 0 Å². The van der Waals surface area contributed by atoms with Crippen molar-refractivity contribution in [2.75, 3.05) is 19.8 Å². The molecule has 2 nitrogen and oxygen atoms in total. The number of nitrogens with one attached hydrogen (secondary N) is 1. The molecule has 100 valence electrons. The van der Waals surface area contributed by atoms with Crippen molar-refractivity contribution in [3.63, 3.8) is 0 Å². The minimum atomic E-state index is -0.534. The van der Waals surface area contributed by atoms with E-state index in [1.165, 1.54) is 12.1 Å². The molecule has 2 rings (SSSR count). The molecule has 0 spiro atoms. The first kappa shape index (κ1) is 13.4. The van der Waals surface area contributed by atoms with Gasteiger partial charge in [-0.1, -0.05) is 6.07 Å². The highest BCUT2D eigenvalue weighted by atomic mass is 19.1. The van der Waals surface area contributed by atoms with Crippen LogP contribution in [0.4, 0.5) is 8.78 Å². The van der Waals surface area contributed by atoms with Gasteiger partial charge in [-0.05, 0) is 38.3 Å². The van der Waals surface area contributed by atoms with Crippen molar-refractivity contribution >= 4 is 0 Å². The van der Waals surface area contributed by atoms with Gasteiger partial charge in [-0.25, -0.2) is 8.78 Å². The van der Waals surface area contributed by atoms with Gasteiger partial charge in [-0.2, -0.15) is 0 Å². The van der Waals surface area contributed by atoms with Gasteiger partial charge in [0.05, 0.1) is 0 Å². The fourth-order valence-corrected chi connectivity index (χ4v) is 2.26. The Morgan fingerprint density at radius 3 is 2.72 bits per heavy atom. The summed E-state index contributed by atoms with van der Waals surface area (Å²) in [5.74, 6) is -0.431. The summed E-state index contributed by atoms with van der Waals surface area (Å²) in [6.07, 6.45) is 2.09. The molecule has 1 atom stereocenters. The van der Waals surface area contributed by atoms with Crippen LogP contribution < -0.4 is 5.32 Å². The molecule has 0 radical (unpaired) electrons. The zero-order valence-corrected chi connectivity index (χ0v) is 10.6. The van der Waals surface area contributed by atoms with Gasteiger partial charge in [-0.3, -0.25) is 0 Å². The van der Waals surface area contributed by atoms with Crippen molar-refractivity contribution in [2.45, 2.75) is 25.8 Å². The molecule has 0 saturated carbocycles. The highest BCUT2D eigenvalue weighted by Crippen LogP contribution is 2.19. The first-order chi connectivity index (χ1) is 8.66. The van der Waals surface area contributed by atoms with E-state index in [4.69, 9.17) is 4.74 Å². The maximum atomic E-state index is 13.6. The summed E-state index contributed by atoms with van der Waals surface area (Å²) >= 11 is 0. The van der Waals surface area contributed by atoms with Crippen LogP contribution in [0.3, 0.4) is 0 Å². The molecular weight excluding hydrogens is 236 g/mol. The Balaban J connectivity index is 1.88. The summed E-state index contributed by atoms with van der Waals surface area (Å²) in [5.41, 5.74) is 0.517. The molecular formula is C14H19F2NO. The lowest BCUT2D eigenvalue weighted by Gasteiger charge is -2.24. The molecule has 1 fully saturated rings. The third kappa shape index (κ3) is 3.50. The molecule has 1 heterocycles. The summed E-state index contributed by atoms with van der Waals surface area (Å²) < 4.78 is 31.7. The molecule has 1 aliphatic heterocycles. The van der Waals surface area contributed by atoms with Gasteiger partial charge in [0.15, 0.2) is 0 Å². The molecule has 1 saturated heterocycles. The quantitative estimate of drug-likeness (QED) is 0.893. The minimum Gasteiger partial charge on any atom is -0.381 e. The fraction of sp³-hybridized carbons (Fsp3) is 0.571. The van der Waals surface area contributed by atoms with Crippen LogP contribution in [-0.2, 0) is 4.74 Å². The Kier molecular flexibility index (Phi) is 4.66. The SMILES string of the molecule is CC(NCC1CCOCC1)c1ccc(F)cc1F. The summed E-state index contributed by atoms with van der Waals surface area (Å²) in [6, 6.07) is 3.63. The van der Waals surface area contributed by atoms with Crippen LogP contribution in [0.25, 0.3) is 0 Å².